The third-order valence-corrected chi connectivity index (χ3v) is 2.83. The van der Waals surface area contributed by atoms with Crippen molar-refractivity contribution in [1.82, 2.24) is 5.16 Å². The minimum atomic E-state index is -1.07. The summed E-state index contributed by atoms with van der Waals surface area (Å²) in [4.78, 5) is 10.7. The molecule has 100 valence electrons. The Labute approximate surface area is 109 Å². The van der Waals surface area contributed by atoms with Crippen LogP contribution in [-0.4, -0.2) is 27.4 Å². The van der Waals surface area contributed by atoms with E-state index in [0.29, 0.717) is 11.3 Å². The minimum Gasteiger partial charge on any atom is -0.491 e. The van der Waals surface area contributed by atoms with E-state index in [9.17, 15) is 9.90 Å². The van der Waals surface area contributed by atoms with Crippen LogP contribution in [0.5, 0.6) is 5.88 Å². The molecule has 0 spiro atoms. The Morgan fingerprint density at radius 2 is 2.05 bits per heavy atom. The van der Waals surface area contributed by atoms with Gasteiger partial charge < -0.3 is 20.5 Å². The predicted octanol–water partition coefficient (Wildman–Crippen LogP) is 1.39. The van der Waals surface area contributed by atoms with E-state index in [1.165, 1.54) is 0 Å². The number of aromatic hydroxyl groups is 1. The quantitative estimate of drug-likeness (QED) is 0.751. The lowest BCUT2D eigenvalue weighted by molar-refractivity contribution is -0.138. The van der Waals surface area contributed by atoms with Gasteiger partial charge in [-0.25, -0.2) is 0 Å². The number of carbonyl (C=O) groups is 1. The van der Waals surface area contributed by atoms with Crippen molar-refractivity contribution in [1.29, 1.82) is 0 Å². The summed E-state index contributed by atoms with van der Waals surface area (Å²) in [5, 5.41) is 21.9. The van der Waals surface area contributed by atoms with Crippen LogP contribution < -0.4 is 5.73 Å². The number of aliphatic carboxylic acids is 1. The van der Waals surface area contributed by atoms with Crippen LogP contribution in [0, 0.1) is 0 Å². The van der Waals surface area contributed by atoms with E-state index in [2.05, 4.69) is 5.16 Å². The Bertz CT molecular complexity index is 565. The van der Waals surface area contributed by atoms with Gasteiger partial charge in [-0.1, -0.05) is 30.3 Å². The van der Waals surface area contributed by atoms with Crippen molar-refractivity contribution in [3.05, 3.63) is 35.9 Å². The SMILES string of the molecule is NC(CCc1c(O)noc1-c1ccccc1)C(=O)O. The molecule has 1 aromatic heterocycles. The standard InChI is InChI=1S/C13H14N2O4/c14-10(13(17)18)7-6-9-11(19-15-12(9)16)8-4-2-1-3-5-8/h1-5,10H,6-7,14H2,(H,15,16)(H,17,18). The molecular formula is C13H14N2O4. The van der Waals surface area contributed by atoms with Crippen molar-refractivity contribution >= 4 is 5.97 Å². The lowest BCUT2D eigenvalue weighted by Gasteiger charge is -2.05. The predicted molar refractivity (Wildman–Crippen MR) is 67.5 cm³/mol. The van der Waals surface area contributed by atoms with E-state index in [0.717, 1.165) is 5.56 Å². The smallest absolute Gasteiger partial charge is 0.320 e. The number of carboxylic acid groups (broad SMARTS) is 1. The van der Waals surface area contributed by atoms with Crippen molar-refractivity contribution in [3.8, 4) is 17.2 Å². The average molecular weight is 262 g/mol. The van der Waals surface area contributed by atoms with Gasteiger partial charge in [0.05, 0.1) is 5.56 Å². The normalized spacial score (nSPS) is 12.3. The molecule has 0 aliphatic carbocycles. The Morgan fingerprint density at radius 3 is 2.68 bits per heavy atom. The highest BCUT2D eigenvalue weighted by Gasteiger charge is 2.19. The van der Waals surface area contributed by atoms with Gasteiger partial charge >= 0.3 is 5.97 Å². The molecule has 2 rings (SSSR count). The van der Waals surface area contributed by atoms with Crippen LogP contribution in [0.2, 0.25) is 0 Å². The number of aromatic nitrogens is 1. The highest BCUT2D eigenvalue weighted by atomic mass is 16.5. The molecule has 19 heavy (non-hydrogen) atoms. The van der Waals surface area contributed by atoms with Gasteiger partial charge in [0.25, 0.3) is 5.88 Å². The average Bonchev–Trinajstić information content (AvgIpc) is 2.78. The molecule has 6 nitrogen and oxygen atoms in total. The highest BCUT2D eigenvalue weighted by Crippen LogP contribution is 2.30. The number of hydrogen-bond donors (Lipinski definition) is 3. The number of carboxylic acids is 1. The van der Waals surface area contributed by atoms with Crippen molar-refractivity contribution < 1.29 is 19.5 Å². The summed E-state index contributed by atoms with van der Waals surface area (Å²) < 4.78 is 5.09. The highest BCUT2D eigenvalue weighted by molar-refractivity contribution is 5.73. The number of nitrogens with two attached hydrogens (primary N) is 1. The molecule has 1 atom stereocenters. The van der Waals surface area contributed by atoms with Crippen LogP contribution in [0.1, 0.15) is 12.0 Å². The first kappa shape index (κ1) is 13.1. The molecule has 0 fully saturated rings. The van der Waals surface area contributed by atoms with E-state index in [1.807, 2.05) is 30.3 Å². The summed E-state index contributed by atoms with van der Waals surface area (Å²) in [6.45, 7) is 0. The number of nitrogens with zero attached hydrogens (tertiary/aromatic N) is 1. The second-order valence-electron chi connectivity index (χ2n) is 4.16. The van der Waals surface area contributed by atoms with Crippen LogP contribution in [-0.2, 0) is 11.2 Å². The van der Waals surface area contributed by atoms with E-state index in [1.54, 1.807) is 0 Å². The van der Waals surface area contributed by atoms with Crippen molar-refractivity contribution in [3.63, 3.8) is 0 Å². The summed E-state index contributed by atoms with van der Waals surface area (Å²) in [6, 6.07) is 8.20. The fourth-order valence-corrected chi connectivity index (χ4v) is 1.77. The molecule has 0 saturated carbocycles. The van der Waals surface area contributed by atoms with Gasteiger partial charge in [0.15, 0.2) is 5.76 Å². The first-order chi connectivity index (χ1) is 9.09. The van der Waals surface area contributed by atoms with Crippen LogP contribution in [0.3, 0.4) is 0 Å². The van der Waals surface area contributed by atoms with Crippen LogP contribution in [0.4, 0.5) is 0 Å². The minimum absolute atomic E-state index is 0.198. The van der Waals surface area contributed by atoms with E-state index >= 15 is 0 Å². The Morgan fingerprint density at radius 1 is 1.37 bits per heavy atom. The van der Waals surface area contributed by atoms with Gasteiger partial charge in [-0.05, 0) is 18.0 Å². The van der Waals surface area contributed by atoms with Crippen molar-refractivity contribution in [2.75, 3.05) is 0 Å². The Hall–Kier alpha value is -2.34. The largest absolute Gasteiger partial charge is 0.491 e. The summed E-state index contributed by atoms with van der Waals surface area (Å²) >= 11 is 0. The van der Waals surface area contributed by atoms with Crippen molar-refractivity contribution in [2.45, 2.75) is 18.9 Å². The monoisotopic (exact) mass is 262 g/mol. The number of rotatable bonds is 5. The van der Waals surface area contributed by atoms with Crippen LogP contribution >= 0.6 is 0 Å². The zero-order chi connectivity index (χ0) is 13.8. The molecule has 1 aromatic carbocycles. The fourth-order valence-electron chi connectivity index (χ4n) is 1.77. The molecule has 0 bridgehead atoms. The molecule has 1 unspecified atom stereocenters. The molecule has 0 radical (unpaired) electrons. The zero-order valence-corrected chi connectivity index (χ0v) is 10.1. The van der Waals surface area contributed by atoms with Gasteiger partial charge in [0.1, 0.15) is 6.04 Å². The van der Waals surface area contributed by atoms with E-state index in [4.69, 9.17) is 15.4 Å². The molecule has 2 aromatic rings. The fraction of sp³-hybridized carbons (Fsp3) is 0.231. The second kappa shape index (κ2) is 5.53. The van der Waals surface area contributed by atoms with Gasteiger partial charge in [0.2, 0.25) is 0 Å². The molecule has 0 amide bonds. The van der Waals surface area contributed by atoms with Gasteiger partial charge in [-0.2, -0.15) is 0 Å². The summed E-state index contributed by atoms with van der Waals surface area (Å²) in [5.41, 5.74) is 6.69. The van der Waals surface area contributed by atoms with Crippen LogP contribution in [0.15, 0.2) is 34.9 Å². The molecule has 0 aliphatic rings. The lowest BCUT2D eigenvalue weighted by Crippen LogP contribution is -2.30. The third-order valence-electron chi connectivity index (χ3n) is 2.83. The summed E-state index contributed by atoms with van der Waals surface area (Å²) in [7, 11) is 0. The van der Waals surface area contributed by atoms with E-state index in [-0.39, 0.29) is 18.7 Å². The molecule has 1 heterocycles. The summed E-state index contributed by atoms with van der Waals surface area (Å²) in [6.07, 6.45) is 0.483. The van der Waals surface area contributed by atoms with E-state index < -0.39 is 12.0 Å². The maximum Gasteiger partial charge on any atom is 0.320 e. The maximum absolute atomic E-state index is 10.7. The summed E-state index contributed by atoms with van der Waals surface area (Å²) in [5.74, 6) is -0.857. The van der Waals surface area contributed by atoms with Gasteiger partial charge in [0, 0.05) is 5.56 Å². The molecule has 6 heteroatoms. The third kappa shape index (κ3) is 2.92. The number of benzene rings is 1. The first-order valence-electron chi connectivity index (χ1n) is 5.81. The molecule has 0 aliphatic heterocycles. The topological polar surface area (TPSA) is 110 Å². The van der Waals surface area contributed by atoms with Gasteiger partial charge in [-0.3, -0.25) is 4.79 Å². The maximum atomic E-state index is 10.7. The Balaban J connectivity index is 2.21. The number of hydrogen-bond acceptors (Lipinski definition) is 5. The van der Waals surface area contributed by atoms with Crippen LogP contribution in [0.25, 0.3) is 11.3 Å². The van der Waals surface area contributed by atoms with Gasteiger partial charge in [-0.15, -0.1) is 0 Å². The second-order valence-corrected chi connectivity index (χ2v) is 4.16. The molecule has 4 N–H and O–H groups in total. The van der Waals surface area contributed by atoms with Crippen molar-refractivity contribution in [2.24, 2.45) is 5.73 Å². The molecular weight excluding hydrogens is 248 g/mol. The zero-order valence-electron chi connectivity index (χ0n) is 10.1. The lowest BCUT2D eigenvalue weighted by atomic mass is 10.0. The molecule has 0 saturated heterocycles. The first-order valence-corrected chi connectivity index (χ1v) is 5.81. The Kier molecular flexibility index (Phi) is 3.82.